The lowest BCUT2D eigenvalue weighted by molar-refractivity contribution is -0.148. The van der Waals surface area contributed by atoms with Gasteiger partial charge in [0.05, 0.1) is 6.61 Å². The Morgan fingerprint density at radius 2 is 2.12 bits per heavy atom. The maximum absolute atomic E-state index is 11.8. The van der Waals surface area contributed by atoms with Crippen LogP contribution in [0.1, 0.15) is 40.0 Å². The Balaban J connectivity index is 2.53. The van der Waals surface area contributed by atoms with Crippen molar-refractivity contribution in [3.05, 3.63) is 0 Å². The highest BCUT2D eigenvalue weighted by atomic mass is 16.5. The van der Waals surface area contributed by atoms with Gasteiger partial charge in [-0.1, -0.05) is 13.8 Å². The van der Waals surface area contributed by atoms with E-state index in [9.17, 15) is 9.59 Å². The molecule has 0 spiro atoms. The Morgan fingerprint density at radius 1 is 1.44 bits per heavy atom. The predicted octanol–water partition coefficient (Wildman–Crippen LogP) is 1.59. The molecule has 0 aromatic heterocycles. The zero-order chi connectivity index (χ0) is 12.2. The minimum atomic E-state index is -0.310. The summed E-state index contributed by atoms with van der Waals surface area (Å²) in [6.45, 7) is 7.22. The molecule has 0 radical (unpaired) electrons. The molecule has 1 rings (SSSR count). The van der Waals surface area contributed by atoms with Crippen LogP contribution in [0.4, 0.5) is 0 Å². The van der Waals surface area contributed by atoms with Gasteiger partial charge in [-0.2, -0.15) is 0 Å². The SMILES string of the molecule is CCOC(=O)CN1CCC(C)(C)CCC1=O. The standard InChI is InChI=1S/C12H21NO3/c1-4-16-11(15)9-13-8-7-12(2,3)6-5-10(13)14/h4-9H2,1-3H3. The molecular formula is C12H21NO3. The van der Waals surface area contributed by atoms with Gasteiger partial charge in [0.15, 0.2) is 0 Å². The highest BCUT2D eigenvalue weighted by molar-refractivity contribution is 5.82. The Kier molecular flexibility index (Phi) is 4.33. The van der Waals surface area contributed by atoms with Gasteiger partial charge in [0.2, 0.25) is 5.91 Å². The fourth-order valence-electron chi connectivity index (χ4n) is 1.82. The molecule has 0 atom stereocenters. The molecule has 0 N–H and O–H groups in total. The first-order valence-electron chi connectivity index (χ1n) is 5.88. The van der Waals surface area contributed by atoms with E-state index in [0.29, 0.717) is 19.6 Å². The van der Waals surface area contributed by atoms with Gasteiger partial charge in [0.1, 0.15) is 6.54 Å². The lowest BCUT2D eigenvalue weighted by Gasteiger charge is -2.22. The van der Waals surface area contributed by atoms with Crippen molar-refractivity contribution in [3.63, 3.8) is 0 Å². The Hall–Kier alpha value is -1.06. The Labute approximate surface area is 96.9 Å². The van der Waals surface area contributed by atoms with Crippen molar-refractivity contribution in [2.75, 3.05) is 19.7 Å². The summed E-state index contributed by atoms with van der Waals surface area (Å²) in [4.78, 5) is 24.7. The van der Waals surface area contributed by atoms with Crippen molar-refractivity contribution in [1.29, 1.82) is 0 Å². The van der Waals surface area contributed by atoms with Gasteiger partial charge in [-0.3, -0.25) is 9.59 Å². The third kappa shape index (κ3) is 3.83. The fraction of sp³-hybridized carbons (Fsp3) is 0.833. The van der Waals surface area contributed by atoms with Crippen molar-refractivity contribution >= 4 is 11.9 Å². The molecule has 0 unspecified atom stereocenters. The number of ether oxygens (including phenoxy) is 1. The number of nitrogens with zero attached hydrogens (tertiary/aromatic N) is 1. The topological polar surface area (TPSA) is 46.6 Å². The van der Waals surface area contributed by atoms with Crippen molar-refractivity contribution in [3.8, 4) is 0 Å². The monoisotopic (exact) mass is 227 g/mol. The first kappa shape index (κ1) is 13.0. The van der Waals surface area contributed by atoms with Gasteiger partial charge in [0, 0.05) is 13.0 Å². The largest absolute Gasteiger partial charge is 0.465 e. The molecule has 0 saturated carbocycles. The summed E-state index contributed by atoms with van der Waals surface area (Å²) in [5.74, 6) is -0.241. The van der Waals surface area contributed by atoms with Crippen molar-refractivity contribution in [1.82, 2.24) is 4.90 Å². The molecule has 1 aliphatic rings. The third-order valence-electron chi connectivity index (χ3n) is 3.05. The van der Waals surface area contributed by atoms with Crippen LogP contribution in [-0.4, -0.2) is 36.5 Å². The van der Waals surface area contributed by atoms with Crippen molar-refractivity contribution in [2.45, 2.75) is 40.0 Å². The summed E-state index contributed by atoms with van der Waals surface area (Å²) in [6, 6.07) is 0. The molecule has 16 heavy (non-hydrogen) atoms. The van der Waals surface area contributed by atoms with Gasteiger partial charge in [-0.15, -0.1) is 0 Å². The van der Waals surface area contributed by atoms with Gasteiger partial charge in [-0.05, 0) is 25.2 Å². The minimum Gasteiger partial charge on any atom is -0.465 e. The number of carbonyl (C=O) groups is 2. The lowest BCUT2D eigenvalue weighted by atomic mass is 9.85. The average molecular weight is 227 g/mol. The van der Waals surface area contributed by atoms with E-state index in [4.69, 9.17) is 4.74 Å². The number of carbonyl (C=O) groups excluding carboxylic acids is 2. The second kappa shape index (κ2) is 5.32. The van der Waals surface area contributed by atoms with Crippen LogP contribution >= 0.6 is 0 Å². The van der Waals surface area contributed by atoms with Crippen LogP contribution in [0.15, 0.2) is 0 Å². The predicted molar refractivity (Wildman–Crippen MR) is 60.8 cm³/mol. The molecule has 1 amide bonds. The van der Waals surface area contributed by atoms with E-state index >= 15 is 0 Å². The first-order valence-corrected chi connectivity index (χ1v) is 5.88. The molecule has 0 bridgehead atoms. The van der Waals surface area contributed by atoms with Crippen LogP contribution < -0.4 is 0 Å². The minimum absolute atomic E-state index is 0.0682. The molecule has 0 aliphatic carbocycles. The summed E-state index contributed by atoms with van der Waals surface area (Å²) in [6.07, 6.45) is 2.37. The zero-order valence-corrected chi connectivity index (χ0v) is 10.4. The fourth-order valence-corrected chi connectivity index (χ4v) is 1.82. The highest BCUT2D eigenvalue weighted by Crippen LogP contribution is 2.30. The normalized spacial score (nSPS) is 20.4. The van der Waals surface area contributed by atoms with Gasteiger partial charge < -0.3 is 9.64 Å². The van der Waals surface area contributed by atoms with Gasteiger partial charge >= 0.3 is 5.97 Å². The second-order valence-corrected chi connectivity index (χ2v) is 5.03. The van der Waals surface area contributed by atoms with E-state index < -0.39 is 0 Å². The Morgan fingerprint density at radius 3 is 2.75 bits per heavy atom. The van der Waals surface area contributed by atoms with Crippen LogP contribution in [0.3, 0.4) is 0 Å². The van der Waals surface area contributed by atoms with E-state index in [1.807, 2.05) is 0 Å². The third-order valence-corrected chi connectivity index (χ3v) is 3.05. The number of rotatable bonds is 3. The van der Waals surface area contributed by atoms with Gasteiger partial charge in [0.25, 0.3) is 0 Å². The molecular weight excluding hydrogens is 206 g/mol. The van der Waals surface area contributed by atoms with Crippen LogP contribution in [0, 0.1) is 5.41 Å². The molecule has 1 heterocycles. The molecule has 0 aromatic carbocycles. The molecule has 4 nitrogen and oxygen atoms in total. The lowest BCUT2D eigenvalue weighted by Crippen LogP contribution is -2.36. The summed E-state index contributed by atoms with van der Waals surface area (Å²) in [5, 5.41) is 0. The average Bonchev–Trinajstić information content (AvgIpc) is 2.31. The summed E-state index contributed by atoms with van der Waals surface area (Å²) >= 11 is 0. The maximum atomic E-state index is 11.8. The molecule has 4 heteroatoms. The van der Waals surface area contributed by atoms with E-state index in [0.717, 1.165) is 12.8 Å². The summed E-state index contributed by atoms with van der Waals surface area (Å²) in [5.41, 5.74) is 0.194. The highest BCUT2D eigenvalue weighted by Gasteiger charge is 2.28. The second-order valence-electron chi connectivity index (χ2n) is 5.03. The molecule has 1 aliphatic heterocycles. The van der Waals surface area contributed by atoms with E-state index in [-0.39, 0.29) is 23.8 Å². The quantitative estimate of drug-likeness (QED) is 0.688. The van der Waals surface area contributed by atoms with Crippen LogP contribution in [-0.2, 0) is 14.3 Å². The number of hydrogen-bond acceptors (Lipinski definition) is 3. The molecule has 92 valence electrons. The Bertz CT molecular complexity index is 273. The number of likely N-dealkylation sites (tertiary alicyclic amines) is 1. The first-order chi connectivity index (χ1) is 7.44. The molecule has 1 saturated heterocycles. The van der Waals surface area contributed by atoms with Crippen LogP contribution in [0.25, 0.3) is 0 Å². The van der Waals surface area contributed by atoms with E-state index in [1.54, 1.807) is 11.8 Å². The summed E-state index contributed by atoms with van der Waals surface area (Å²) < 4.78 is 4.85. The van der Waals surface area contributed by atoms with Crippen LogP contribution in [0.5, 0.6) is 0 Å². The maximum Gasteiger partial charge on any atom is 0.325 e. The van der Waals surface area contributed by atoms with Crippen molar-refractivity contribution < 1.29 is 14.3 Å². The molecule has 0 aromatic rings. The number of hydrogen-bond donors (Lipinski definition) is 0. The zero-order valence-electron chi connectivity index (χ0n) is 10.4. The van der Waals surface area contributed by atoms with Gasteiger partial charge in [-0.25, -0.2) is 0 Å². The number of esters is 1. The van der Waals surface area contributed by atoms with E-state index in [2.05, 4.69) is 13.8 Å². The smallest absolute Gasteiger partial charge is 0.325 e. The van der Waals surface area contributed by atoms with Crippen molar-refractivity contribution in [2.24, 2.45) is 5.41 Å². The summed E-state index contributed by atoms with van der Waals surface area (Å²) in [7, 11) is 0. The van der Waals surface area contributed by atoms with E-state index in [1.165, 1.54) is 0 Å². The number of amides is 1. The molecule has 1 fully saturated rings. The van der Waals surface area contributed by atoms with Crippen LogP contribution in [0.2, 0.25) is 0 Å².